The molecule has 1 aliphatic carbocycles. The molecule has 0 unspecified atom stereocenters. The lowest BCUT2D eigenvalue weighted by Gasteiger charge is -2.29. The lowest BCUT2D eigenvalue weighted by Crippen LogP contribution is -2.34. The Hall–Kier alpha value is -1.59. The number of hydroxylamine groups is 2. The summed E-state index contributed by atoms with van der Waals surface area (Å²) in [5.41, 5.74) is 0.755. The van der Waals surface area contributed by atoms with Crippen molar-refractivity contribution in [3.05, 3.63) is 29.3 Å². The van der Waals surface area contributed by atoms with Crippen LogP contribution in [0, 0.1) is 11.8 Å². The Morgan fingerprint density at radius 1 is 1.22 bits per heavy atom. The number of carbonyl (C=O) groups excluding carboxylic acids is 2. The summed E-state index contributed by atoms with van der Waals surface area (Å²) < 4.78 is 0. The van der Waals surface area contributed by atoms with Crippen LogP contribution >= 0.6 is 11.6 Å². The second-order valence-electron chi connectivity index (χ2n) is 6.00. The first-order valence-electron chi connectivity index (χ1n) is 7.86. The van der Waals surface area contributed by atoms with Crippen molar-refractivity contribution in [3.63, 3.8) is 0 Å². The molecule has 0 aromatic heterocycles. The number of benzene rings is 1. The van der Waals surface area contributed by atoms with Gasteiger partial charge in [-0.1, -0.05) is 11.6 Å². The lowest BCUT2D eigenvalue weighted by molar-refractivity contribution is -0.174. The number of carbonyl (C=O) groups is 2. The molecule has 0 radical (unpaired) electrons. The molecule has 0 spiro atoms. The minimum Gasteiger partial charge on any atom is -0.326 e. The van der Waals surface area contributed by atoms with Crippen molar-refractivity contribution in [3.8, 4) is 0 Å². The SMILES string of the molecule is CON(C)C(=O)C1CCC(CC(=O)Nc2ccc(Cl)cc2)CC1. The molecule has 1 N–H and O–H groups in total. The fraction of sp³-hybridized carbons (Fsp3) is 0.529. The predicted molar refractivity (Wildman–Crippen MR) is 89.9 cm³/mol. The summed E-state index contributed by atoms with van der Waals surface area (Å²) >= 11 is 5.82. The number of halogens is 1. The molecule has 1 aromatic rings. The number of anilines is 1. The first-order valence-corrected chi connectivity index (χ1v) is 8.24. The number of hydrogen-bond donors (Lipinski definition) is 1. The van der Waals surface area contributed by atoms with Crippen molar-refractivity contribution in [1.29, 1.82) is 0 Å². The van der Waals surface area contributed by atoms with Crippen molar-refractivity contribution < 1.29 is 14.4 Å². The molecule has 2 amide bonds. The van der Waals surface area contributed by atoms with E-state index < -0.39 is 0 Å². The van der Waals surface area contributed by atoms with Crippen LogP contribution in [0.1, 0.15) is 32.1 Å². The molecule has 6 heteroatoms. The summed E-state index contributed by atoms with van der Waals surface area (Å²) in [7, 11) is 3.12. The number of hydrogen-bond acceptors (Lipinski definition) is 3. The van der Waals surface area contributed by atoms with Gasteiger partial charge in [0.2, 0.25) is 11.8 Å². The molecule has 0 atom stereocenters. The monoisotopic (exact) mass is 338 g/mol. The summed E-state index contributed by atoms with van der Waals surface area (Å²) in [5, 5.41) is 4.82. The van der Waals surface area contributed by atoms with Crippen LogP contribution in [0.2, 0.25) is 5.02 Å². The largest absolute Gasteiger partial charge is 0.326 e. The standard InChI is InChI=1S/C17H23ClN2O3/c1-20(23-2)17(22)13-5-3-12(4-6-13)11-16(21)19-15-9-7-14(18)8-10-15/h7-10,12-13H,3-6,11H2,1-2H3,(H,19,21). The molecule has 2 rings (SSSR count). The molecule has 0 aliphatic heterocycles. The first-order chi connectivity index (χ1) is 11.0. The normalized spacial score (nSPS) is 20.8. The average Bonchev–Trinajstić information content (AvgIpc) is 2.56. The minimum absolute atomic E-state index is 0.00975. The summed E-state index contributed by atoms with van der Waals surface area (Å²) in [6, 6.07) is 7.08. The van der Waals surface area contributed by atoms with E-state index in [-0.39, 0.29) is 17.7 Å². The number of rotatable bonds is 5. The summed E-state index contributed by atoms with van der Waals surface area (Å²) in [5.74, 6) is 0.377. The molecule has 126 valence electrons. The van der Waals surface area contributed by atoms with Crippen molar-refractivity contribution in [2.24, 2.45) is 11.8 Å². The van der Waals surface area contributed by atoms with E-state index in [9.17, 15) is 9.59 Å². The highest BCUT2D eigenvalue weighted by molar-refractivity contribution is 6.30. The highest BCUT2D eigenvalue weighted by Gasteiger charge is 2.29. The first kappa shape index (κ1) is 17.8. The molecule has 1 aromatic carbocycles. The van der Waals surface area contributed by atoms with Crippen molar-refractivity contribution in [2.45, 2.75) is 32.1 Å². The Labute approximate surface area is 141 Å². The van der Waals surface area contributed by atoms with E-state index in [4.69, 9.17) is 16.4 Å². The number of amides is 2. The molecule has 5 nitrogen and oxygen atoms in total. The molecule has 1 fully saturated rings. The topological polar surface area (TPSA) is 58.6 Å². The number of nitrogens with one attached hydrogen (secondary N) is 1. The minimum atomic E-state index is 0.00975. The molecule has 0 heterocycles. The summed E-state index contributed by atoms with van der Waals surface area (Å²) in [4.78, 5) is 29.1. The van der Waals surface area contributed by atoms with Crippen LogP contribution in [0.3, 0.4) is 0 Å². The second-order valence-corrected chi connectivity index (χ2v) is 6.43. The van der Waals surface area contributed by atoms with Crippen LogP contribution in [0.15, 0.2) is 24.3 Å². The van der Waals surface area contributed by atoms with Crippen LogP contribution in [0.25, 0.3) is 0 Å². The lowest BCUT2D eigenvalue weighted by atomic mass is 9.80. The smallest absolute Gasteiger partial charge is 0.248 e. The maximum atomic E-state index is 12.1. The van der Waals surface area contributed by atoms with Gasteiger partial charge in [-0.05, 0) is 55.9 Å². The Balaban J connectivity index is 1.76. The molecular formula is C17H23ClN2O3. The zero-order chi connectivity index (χ0) is 16.8. The van der Waals surface area contributed by atoms with Gasteiger partial charge in [0.15, 0.2) is 0 Å². The molecule has 23 heavy (non-hydrogen) atoms. The van der Waals surface area contributed by atoms with Gasteiger partial charge in [0.05, 0.1) is 7.11 Å². The Bertz CT molecular complexity index is 539. The Kier molecular flexibility index (Phi) is 6.42. The molecule has 0 bridgehead atoms. The zero-order valence-electron chi connectivity index (χ0n) is 13.5. The number of nitrogens with zero attached hydrogens (tertiary/aromatic N) is 1. The van der Waals surface area contributed by atoms with E-state index >= 15 is 0 Å². The van der Waals surface area contributed by atoms with E-state index in [2.05, 4.69) is 5.32 Å². The van der Waals surface area contributed by atoms with E-state index in [1.54, 1.807) is 31.3 Å². The van der Waals surface area contributed by atoms with Crippen LogP contribution in [0.5, 0.6) is 0 Å². The van der Waals surface area contributed by atoms with Crippen molar-refractivity contribution >= 4 is 29.1 Å². The highest BCUT2D eigenvalue weighted by atomic mass is 35.5. The van der Waals surface area contributed by atoms with E-state index in [1.165, 1.54) is 12.2 Å². The van der Waals surface area contributed by atoms with Crippen molar-refractivity contribution in [1.82, 2.24) is 5.06 Å². The van der Waals surface area contributed by atoms with E-state index in [0.717, 1.165) is 31.4 Å². The van der Waals surface area contributed by atoms with Gasteiger partial charge in [-0.15, -0.1) is 0 Å². The third-order valence-electron chi connectivity index (χ3n) is 4.38. The van der Waals surface area contributed by atoms with Gasteiger partial charge in [0.25, 0.3) is 0 Å². The van der Waals surface area contributed by atoms with Crippen LogP contribution < -0.4 is 5.32 Å². The van der Waals surface area contributed by atoms with Gasteiger partial charge in [0, 0.05) is 30.1 Å². The van der Waals surface area contributed by atoms with E-state index in [0.29, 0.717) is 17.4 Å². The second kappa shape index (κ2) is 8.31. The van der Waals surface area contributed by atoms with Gasteiger partial charge >= 0.3 is 0 Å². The molecule has 0 saturated heterocycles. The fourth-order valence-corrected chi connectivity index (χ4v) is 3.09. The van der Waals surface area contributed by atoms with Crippen LogP contribution in [-0.4, -0.2) is 31.0 Å². The van der Waals surface area contributed by atoms with Crippen LogP contribution in [0.4, 0.5) is 5.69 Å². The fourth-order valence-electron chi connectivity index (χ4n) is 2.97. The van der Waals surface area contributed by atoms with Gasteiger partial charge in [0.1, 0.15) is 0 Å². The third-order valence-corrected chi connectivity index (χ3v) is 4.63. The van der Waals surface area contributed by atoms with Crippen LogP contribution in [-0.2, 0) is 14.4 Å². The quantitative estimate of drug-likeness (QED) is 0.836. The third kappa shape index (κ3) is 5.22. The Morgan fingerprint density at radius 2 is 1.83 bits per heavy atom. The Morgan fingerprint density at radius 3 is 2.39 bits per heavy atom. The summed E-state index contributed by atoms with van der Waals surface area (Å²) in [6.45, 7) is 0. The predicted octanol–water partition coefficient (Wildman–Crippen LogP) is 3.49. The average molecular weight is 339 g/mol. The molecular weight excluding hydrogens is 316 g/mol. The highest BCUT2D eigenvalue weighted by Crippen LogP contribution is 2.32. The maximum absolute atomic E-state index is 12.1. The molecule has 1 aliphatic rings. The van der Waals surface area contributed by atoms with Gasteiger partial charge in [-0.2, -0.15) is 0 Å². The van der Waals surface area contributed by atoms with Crippen molar-refractivity contribution in [2.75, 3.05) is 19.5 Å². The van der Waals surface area contributed by atoms with E-state index in [1.807, 2.05) is 0 Å². The summed E-state index contributed by atoms with van der Waals surface area (Å²) in [6.07, 6.45) is 3.89. The molecule has 1 saturated carbocycles. The zero-order valence-corrected chi connectivity index (χ0v) is 14.3. The van der Waals surface area contributed by atoms with Gasteiger partial charge < -0.3 is 5.32 Å². The van der Waals surface area contributed by atoms with Gasteiger partial charge in [-0.25, -0.2) is 5.06 Å². The van der Waals surface area contributed by atoms with Gasteiger partial charge in [-0.3, -0.25) is 14.4 Å². The maximum Gasteiger partial charge on any atom is 0.248 e.